The first-order valence-corrected chi connectivity index (χ1v) is 9.42. The van der Waals surface area contributed by atoms with E-state index in [1.54, 1.807) is 30.2 Å². The van der Waals surface area contributed by atoms with Crippen LogP contribution in [-0.4, -0.2) is 45.5 Å². The van der Waals surface area contributed by atoms with Crippen LogP contribution in [0.2, 0.25) is 5.02 Å². The quantitative estimate of drug-likeness (QED) is 0.609. The van der Waals surface area contributed by atoms with Gasteiger partial charge in [-0.15, -0.1) is 0 Å². The zero-order chi connectivity index (χ0) is 16.8. The number of thioether (sulfide) groups is 1. The van der Waals surface area contributed by atoms with Gasteiger partial charge in [-0.25, -0.2) is 15.0 Å². The largest absolute Gasteiger partial charge is 0.460 e. The molecule has 2 aromatic rings. The molecule has 0 amide bonds. The Hall–Kier alpha value is -1.79. The number of likely N-dealkylation sites (tertiary alicyclic amines) is 1. The number of benzene rings is 1. The Bertz CT molecular complexity index is 673. The molecule has 1 aromatic heterocycles. The average Bonchev–Trinajstić information content (AvgIpc) is 2.63. The molecule has 1 aliphatic heterocycles. The number of piperidine rings is 1. The highest BCUT2D eigenvalue weighted by molar-refractivity contribution is 8.13. The first-order chi connectivity index (χ1) is 11.7. The van der Waals surface area contributed by atoms with Gasteiger partial charge in [0.2, 0.25) is 0 Å². The topological polar surface area (TPSA) is 50.6 Å². The van der Waals surface area contributed by atoms with Gasteiger partial charge in [0.15, 0.2) is 5.17 Å². The van der Waals surface area contributed by atoms with Gasteiger partial charge in [-0.05, 0) is 36.6 Å². The number of aliphatic imine (C=N–C) groups is 1. The standard InChI is InChI=1S/C17H19ClN4OS/c1-24-17(21-14-5-3-13(18)4-6-14)22-11-7-15(8-12-22)23-16-19-9-2-10-20-16/h2-6,9-10,15H,7-8,11-12H2,1H3/b21-17-. The molecule has 5 nitrogen and oxygen atoms in total. The van der Waals surface area contributed by atoms with Crippen LogP contribution in [0.15, 0.2) is 47.7 Å². The zero-order valence-electron chi connectivity index (χ0n) is 13.4. The summed E-state index contributed by atoms with van der Waals surface area (Å²) in [4.78, 5) is 15.3. The molecule has 0 aliphatic carbocycles. The highest BCUT2D eigenvalue weighted by Crippen LogP contribution is 2.22. The number of aromatic nitrogens is 2. The molecule has 0 N–H and O–H groups in total. The number of rotatable bonds is 3. The van der Waals surface area contributed by atoms with Gasteiger partial charge in [0.05, 0.1) is 5.69 Å². The fraction of sp³-hybridized carbons (Fsp3) is 0.353. The van der Waals surface area contributed by atoms with Crippen molar-refractivity contribution in [2.24, 2.45) is 4.99 Å². The first-order valence-electron chi connectivity index (χ1n) is 7.81. The highest BCUT2D eigenvalue weighted by atomic mass is 35.5. The molecule has 2 heterocycles. The summed E-state index contributed by atoms with van der Waals surface area (Å²) < 4.78 is 5.84. The molecule has 0 unspecified atom stereocenters. The van der Waals surface area contributed by atoms with E-state index in [1.165, 1.54) is 0 Å². The van der Waals surface area contributed by atoms with Crippen LogP contribution in [0.5, 0.6) is 6.01 Å². The molecule has 1 fully saturated rings. The zero-order valence-corrected chi connectivity index (χ0v) is 15.0. The first kappa shape index (κ1) is 17.0. The Morgan fingerprint density at radius 3 is 2.50 bits per heavy atom. The molecule has 3 rings (SSSR count). The van der Waals surface area contributed by atoms with E-state index in [4.69, 9.17) is 21.3 Å². The van der Waals surface area contributed by atoms with E-state index in [1.807, 2.05) is 24.3 Å². The minimum atomic E-state index is 0.155. The fourth-order valence-corrected chi connectivity index (χ4v) is 3.30. The number of nitrogens with zero attached hydrogens (tertiary/aromatic N) is 4. The molecular formula is C17H19ClN4OS. The maximum Gasteiger partial charge on any atom is 0.316 e. The average molecular weight is 363 g/mol. The van der Waals surface area contributed by atoms with Crippen molar-refractivity contribution < 1.29 is 4.74 Å². The van der Waals surface area contributed by atoms with Gasteiger partial charge in [-0.3, -0.25) is 0 Å². The third kappa shape index (κ3) is 4.61. The monoisotopic (exact) mass is 362 g/mol. The molecule has 0 saturated carbocycles. The second kappa shape index (κ2) is 8.35. The maximum absolute atomic E-state index is 5.93. The molecule has 0 atom stereocenters. The minimum absolute atomic E-state index is 0.155. The number of hydrogen-bond donors (Lipinski definition) is 0. The second-order valence-corrected chi connectivity index (χ2v) is 6.62. The molecule has 7 heteroatoms. The van der Waals surface area contributed by atoms with Crippen LogP contribution in [0, 0.1) is 0 Å². The third-order valence-electron chi connectivity index (χ3n) is 3.76. The minimum Gasteiger partial charge on any atom is -0.460 e. The molecule has 1 saturated heterocycles. The van der Waals surface area contributed by atoms with Crippen LogP contribution in [-0.2, 0) is 0 Å². The van der Waals surface area contributed by atoms with Crippen molar-refractivity contribution in [2.75, 3.05) is 19.3 Å². The van der Waals surface area contributed by atoms with Crippen LogP contribution in [0.25, 0.3) is 0 Å². The SMILES string of the molecule is CS/C(=N\c1ccc(Cl)cc1)N1CCC(Oc2ncccn2)CC1. The predicted molar refractivity (Wildman–Crippen MR) is 99.3 cm³/mol. The molecule has 0 radical (unpaired) electrons. The van der Waals surface area contributed by atoms with E-state index in [2.05, 4.69) is 21.1 Å². The predicted octanol–water partition coefficient (Wildman–Crippen LogP) is 4.02. The van der Waals surface area contributed by atoms with Crippen LogP contribution in [0.4, 0.5) is 5.69 Å². The Morgan fingerprint density at radius 1 is 1.21 bits per heavy atom. The van der Waals surface area contributed by atoms with Crippen molar-refractivity contribution in [1.29, 1.82) is 0 Å². The van der Waals surface area contributed by atoms with E-state index >= 15 is 0 Å². The highest BCUT2D eigenvalue weighted by Gasteiger charge is 2.23. The van der Waals surface area contributed by atoms with Crippen molar-refractivity contribution in [2.45, 2.75) is 18.9 Å². The Labute approximate surface area is 151 Å². The van der Waals surface area contributed by atoms with E-state index in [9.17, 15) is 0 Å². The summed E-state index contributed by atoms with van der Waals surface area (Å²) in [5, 5.41) is 1.74. The van der Waals surface area contributed by atoms with Gasteiger partial charge >= 0.3 is 6.01 Å². The van der Waals surface area contributed by atoms with Crippen LogP contribution in [0.1, 0.15) is 12.8 Å². The van der Waals surface area contributed by atoms with Crippen LogP contribution >= 0.6 is 23.4 Å². The third-order valence-corrected chi connectivity index (χ3v) is 4.73. The molecule has 24 heavy (non-hydrogen) atoms. The summed E-state index contributed by atoms with van der Waals surface area (Å²) in [7, 11) is 0. The van der Waals surface area contributed by atoms with Gasteiger partial charge < -0.3 is 9.64 Å². The summed E-state index contributed by atoms with van der Waals surface area (Å²) in [6.45, 7) is 1.82. The maximum atomic E-state index is 5.93. The number of amidine groups is 1. The van der Waals surface area contributed by atoms with E-state index in [0.717, 1.165) is 41.8 Å². The summed E-state index contributed by atoms with van der Waals surface area (Å²) in [5.41, 5.74) is 0.916. The van der Waals surface area contributed by atoms with Gasteiger partial charge in [-0.2, -0.15) is 0 Å². The molecular weight excluding hydrogens is 344 g/mol. The lowest BCUT2D eigenvalue weighted by Crippen LogP contribution is -2.40. The lowest BCUT2D eigenvalue weighted by Gasteiger charge is -2.33. The molecule has 1 aliphatic rings. The van der Waals surface area contributed by atoms with Crippen LogP contribution < -0.4 is 4.74 Å². The summed E-state index contributed by atoms with van der Waals surface area (Å²) in [5.74, 6) is 0. The number of halogens is 1. The van der Waals surface area contributed by atoms with Crippen molar-refractivity contribution in [1.82, 2.24) is 14.9 Å². The van der Waals surface area contributed by atoms with Gasteiger partial charge in [0.1, 0.15) is 6.10 Å². The van der Waals surface area contributed by atoms with Crippen molar-refractivity contribution >= 4 is 34.2 Å². The van der Waals surface area contributed by atoms with Gasteiger partial charge in [0.25, 0.3) is 0 Å². The van der Waals surface area contributed by atoms with Crippen LogP contribution in [0.3, 0.4) is 0 Å². The Morgan fingerprint density at radius 2 is 1.88 bits per heavy atom. The van der Waals surface area contributed by atoms with Gasteiger partial charge in [-0.1, -0.05) is 23.4 Å². The lowest BCUT2D eigenvalue weighted by molar-refractivity contribution is 0.121. The van der Waals surface area contributed by atoms with Crippen molar-refractivity contribution in [3.05, 3.63) is 47.7 Å². The smallest absolute Gasteiger partial charge is 0.316 e. The normalized spacial score (nSPS) is 16.2. The molecule has 1 aromatic carbocycles. The summed E-state index contributed by atoms with van der Waals surface area (Å²) >= 11 is 7.58. The van der Waals surface area contributed by atoms with E-state index in [-0.39, 0.29) is 6.10 Å². The Kier molecular flexibility index (Phi) is 5.93. The van der Waals surface area contributed by atoms with Crippen molar-refractivity contribution in [3.8, 4) is 6.01 Å². The fourth-order valence-electron chi connectivity index (χ4n) is 2.53. The summed E-state index contributed by atoms with van der Waals surface area (Å²) in [6, 6.07) is 9.82. The summed E-state index contributed by atoms with van der Waals surface area (Å²) in [6.07, 6.45) is 7.46. The molecule has 0 bridgehead atoms. The Balaban J connectivity index is 1.59. The number of hydrogen-bond acceptors (Lipinski definition) is 5. The lowest BCUT2D eigenvalue weighted by atomic mass is 10.1. The molecule has 126 valence electrons. The second-order valence-electron chi connectivity index (χ2n) is 5.41. The van der Waals surface area contributed by atoms with Crippen molar-refractivity contribution in [3.63, 3.8) is 0 Å². The molecule has 0 spiro atoms. The van der Waals surface area contributed by atoms with E-state index in [0.29, 0.717) is 6.01 Å². The van der Waals surface area contributed by atoms with Gasteiger partial charge in [0, 0.05) is 43.3 Å². The van der Waals surface area contributed by atoms with E-state index < -0.39 is 0 Å². The number of ether oxygens (including phenoxy) is 1.